The van der Waals surface area contributed by atoms with Gasteiger partial charge in [0.1, 0.15) is 11.5 Å². The van der Waals surface area contributed by atoms with Crippen molar-refractivity contribution in [2.45, 2.75) is 6.92 Å². The molecule has 0 N–H and O–H groups in total. The summed E-state index contributed by atoms with van der Waals surface area (Å²) in [6.07, 6.45) is 1.71. The highest BCUT2D eigenvalue weighted by Crippen LogP contribution is 2.35. The van der Waals surface area contributed by atoms with E-state index < -0.39 is 5.97 Å². The summed E-state index contributed by atoms with van der Waals surface area (Å²) < 4.78 is 10.5. The van der Waals surface area contributed by atoms with E-state index >= 15 is 0 Å². The Morgan fingerprint density at radius 1 is 1.35 bits per heavy atom. The van der Waals surface area contributed by atoms with Crippen molar-refractivity contribution in [3.05, 3.63) is 51.9 Å². The van der Waals surface area contributed by atoms with Crippen molar-refractivity contribution in [1.82, 2.24) is 0 Å². The second-order valence-corrected chi connectivity index (χ2v) is 5.19. The summed E-state index contributed by atoms with van der Waals surface area (Å²) in [5.41, 5.74) is 0.476. The minimum Gasteiger partial charge on any atom is -0.452 e. The smallest absolute Gasteiger partial charge is 0.308 e. The molecule has 2 aromatic rings. The molecule has 20 heavy (non-hydrogen) atoms. The summed E-state index contributed by atoms with van der Waals surface area (Å²) in [6, 6.07) is 8.54. The number of benzene rings is 1. The average molecular weight is 286 g/mol. The molecule has 0 bridgehead atoms. The number of carbonyl (C=O) groups is 2. The third-order valence-corrected chi connectivity index (χ3v) is 3.54. The number of rotatable bonds is 2. The summed E-state index contributed by atoms with van der Waals surface area (Å²) >= 11 is 1.52. The number of hydrogen-bond acceptors (Lipinski definition) is 5. The normalized spacial score (nSPS) is 15.1. The third kappa shape index (κ3) is 2.35. The van der Waals surface area contributed by atoms with Crippen LogP contribution in [0.3, 0.4) is 0 Å². The summed E-state index contributed by atoms with van der Waals surface area (Å²) in [7, 11) is 0. The fraction of sp³-hybridized carbons (Fsp3) is 0.0667. The second-order valence-electron chi connectivity index (χ2n) is 4.21. The van der Waals surface area contributed by atoms with Gasteiger partial charge in [-0.3, -0.25) is 9.59 Å². The number of ketones is 1. The standard InChI is InChI=1S/C15H10O4S/c1-9(16)18-10-4-5-12-13(7-10)19-14(15(12)17)8-11-3-2-6-20-11/h2-8H,1H3/b14-8-. The van der Waals surface area contributed by atoms with Crippen LogP contribution in [0.2, 0.25) is 0 Å². The minimum absolute atomic E-state index is 0.164. The van der Waals surface area contributed by atoms with Crippen LogP contribution in [-0.2, 0) is 4.79 Å². The van der Waals surface area contributed by atoms with Gasteiger partial charge < -0.3 is 9.47 Å². The molecule has 0 saturated carbocycles. The third-order valence-electron chi connectivity index (χ3n) is 2.72. The zero-order chi connectivity index (χ0) is 14.1. The summed E-state index contributed by atoms with van der Waals surface area (Å²) in [4.78, 5) is 24.0. The van der Waals surface area contributed by atoms with E-state index in [0.717, 1.165) is 4.88 Å². The number of fused-ring (bicyclic) bond motifs is 1. The Balaban J connectivity index is 1.92. The number of ether oxygens (including phenoxy) is 2. The van der Waals surface area contributed by atoms with Gasteiger partial charge in [-0.1, -0.05) is 6.07 Å². The van der Waals surface area contributed by atoms with Crippen molar-refractivity contribution in [2.75, 3.05) is 0 Å². The van der Waals surface area contributed by atoms with E-state index in [9.17, 15) is 9.59 Å². The Morgan fingerprint density at radius 2 is 2.20 bits per heavy atom. The van der Waals surface area contributed by atoms with Crippen LogP contribution in [0.5, 0.6) is 11.5 Å². The van der Waals surface area contributed by atoms with Gasteiger partial charge >= 0.3 is 5.97 Å². The van der Waals surface area contributed by atoms with Crippen LogP contribution < -0.4 is 9.47 Å². The lowest BCUT2D eigenvalue weighted by atomic mass is 10.1. The van der Waals surface area contributed by atoms with E-state index in [1.807, 2.05) is 17.5 Å². The van der Waals surface area contributed by atoms with Crippen molar-refractivity contribution >= 4 is 29.2 Å². The van der Waals surface area contributed by atoms with E-state index in [2.05, 4.69) is 0 Å². The molecule has 0 amide bonds. The van der Waals surface area contributed by atoms with Crippen LogP contribution in [-0.4, -0.2) is 11.8 Å². The molecule has 4 nitrogen and oxygen atoms in total. The van der Waals surface area contributed by atoms with Gasteiger partial charge in [0.2, 0.25) is 5.78 Å². The van der Waals surface area contributed by atoms with Crippen molar-refractivity contribution < 1.29 is 19.1 Å². The van der Waals surface area contributed by atoms with E-state index in [1.54, 1.807) is 24.3 Å². The van der Waals surface area contributed by atoms with Crippen LogP contribution >= 0.6 is 11.3 Å². The molecule has 0 atom stereocenters. The van der Waals surface area contributed by atoms with Crippen molar-refractivity contribution in [3.8, 4) is 11.5 Å². The molecule has 1 aliphatic heterocycles. The van der Waals surface area contributed by atoms with Gasteiger partial charge in [0, 0.05) is 23.9 Å². The minimum atomic E-state index is -0.413. The van der Waals surface area contributed by atoms with Gasteiger partial charge in [-0.05, 0) is 23.6 Å². The monoisotopic (exact) mass is 286 g/mol. The van der Waals surface area contributed by atoms with Gasteiger partial charge in [-0.15, -0.1) is 11.3 Å². The largest absolute Gasteiger partial charge is 0.452 e. The second kappa shape index (κ2) is 4.94. The number of esters is 1. The van der Waals surface area contributed by atoms with Crippen LogP contribution in [0.1, 0.15) is 22.2 Å². The lowest BCUT2D eigenvalue weighted by molar-refractivity contribution is -0.131. The quantitative estimate of drug-likeness (QED) is 0.483. The molecule has 0 aliphatic carbocycles. The first-order valence-corrected chi connectivity index (χ1v) is 6.81. The molecule has 1 aromatic heterocycles. The Morgan fingerprint density at radius 3 is 2.90 bits per heavy atom. The van der Waals surface area contributed by atoms with Gasteiger partial charge in [0.15, 0.2) is 5.76 Å². The maximum atomic E-state index is 12.2. The lowest BCUT2D eigenvalue weighted by Gasteiger charge is -2.02. The molecule has 0 fully saturated rings. The molecule has 0 spiro atoms. The number of Topliss-reactive ketones (excluding diaryl/α,β-unsaturated/α-hetero) is 1. The van der Waals surface area contributed by atoms with Crippen LogP contribution in [0.4, 0.5) is 0 Å². The number of carbonyl (C=O) groups excluding carboxylic acids is 2. The van der Waals surface area contributed by atoms with E-state index in [0.29, 0.717) is 17.1 Å². The van der Waals surface area contributed by atoms with Gasteiger partial charge in [0.05, 0.1) is 5.56 Å². The molecule has 5 heteroatoms. The highest BCUT2D eigenvalue weighted by Gasteiger charge is 2.27. The number of allylic oxidation sites excluding steroid dienone is 1. The molecule has 2 heterocycles. The molecule has 0 unspecified atom stereocenters. The van der Waals surface area contributed by atoms with Gasteiger partial charge in [0.25, 0.3) is 0 Å². The molecule has 0 saturated heterocycles. The highest BCUT2D eigenvalue weighted by atomic mass is 32.1. The van der Waals surface area contributed by atoms with Crippen molar-refractivity contribution in [3.63, 3.8) is 0 Å². The van der Waals surface area contributed by atoms with E-state index in [-0.39, 0.29) is 11.5 Å². The van der Waals surface area contributed by atoms with Crippen LogP contribution in [0.25, 0.3) is 6.08 Å². The van der Waals surface area contributed by atoms with Crippen molar-refractivity contribution in [1.29, 1.82) is 0 Å². The Kier molecular flexibility index (Phi) is 3.12. The fourth-order valence-electron chi connectivity index (χ4n) is 1.90. The topological polar surface area (TPSA) is 52.6 Å². The van der Waals surface area contributed by atoms with Crippen molar-refractivity contribution in [2.24, 2.45) is 0 Å². The van der Waals surface area contributed by atoms with E-state index in [4.69, 9.17) is 9.47 Å². The molecule has 0 radical (unpaired) electrons. The summed E-state index contributed by atoms with van der Waals surface area (Å²) in [5, 5.41) is 1.93. The zero-order valence-corrected chi connectivity index (χ0v) is 11.4. The maximum absolute atomic E-state index is 12.2. The van der Waals surface area contributed by atoms with Gasteiger partial charge in [-0.2, -0.15) is 0 Å². The molecule has 100 valence electrons. The number of thiophene rings is 1. The first kappa shape index (κ1) is 12.6. The summed E-state index contributed by atoms with van der Waals surface area (Å²) in [6.45, 7) is 1.32. The molecule has 1 aromatic carbocycles. The van der Waals surface area contributed by atoms with Crippen LogP contribution in [0, 0.1) is 0 Å². The number of hydrogen-bond donors (Lipinski definition) is 0. The predicted octanol–water partition coefficient (Wildman–Crippen LogP) is 3.29. The predicted molar refractivity (Wildman–Crippen MR) is 75.0 cm³/mol. The first-order chi connectivity index (χ1) is 9.63. The van der Waals surface area contributed by atoms with E-state index in [1.165, 1.54) is 18.3 Å². The Hall–Kier alpha value is -2.40. The maximum Gasteiger partial charge on any atom is 0.308 e. The van der Waals surface area contributed by atoms with Gasteiger partial charge in [-0.25, -0.2) is 0 Å². The fourth-order valence-corrected chi connectivity index (χ4v) is 2.55. The molecule has 1 aliphatic rings. The molecule has 3 rings (SSSR count). The molecular formula is C15H10O4S. The Bertz CT molecular complexity index is 713. The SMILES string of the molecule is CC(=O)Oc1ccc2c(c1)O/C(=C\c1cccs1)C2=O. The Labute approximate surface area is 119 Å². The lowest BCUT2D eigenvalue weighted by Crippen LogP contribution is -2.01. The average Bonchev–Trinajstić information content (AvgIpc) is 2.99. The highest BCUT2D eigenvalue weighted by molar-refractivity contribution is 7.10. The van der Waals surface area contributed by atoms with Crippen LogP contribution in [0.15, 0.2) is 41.5 Å². The first-order valence-electron chi connectivity index (χ1n) is 5.94. The zero-order valence-electron chi connectivity index (χ0n) is 10.6. The summed E-state index contributed by atoms with van der Waals surface area (Å²) in [5.74, 6) is 0.479. The molecular weight excluding hydrogens is 276 g/mol.